The van der Waals surface area contributed by atoms with E-state index >= 15 is 0 Å². The van der Waals surface area contributed by atoms with E-state index in [9.17, 15) is 14.4 Å². The lowest BCUT2D eigenvalue weighted by atomic mass is 9.81. The molecule has 0 aliphatic heterocycles. The van der Waals surface area contributed by atoms with Crippen molar-refractivity contribution in [3.05, 3.63) is 65.2 Å². The number of esters is 1. The van der Waals surface area contributed by atoms with Crippen molar-refractivity contribution in [2.24, 2.45) is 0 Å². The molecule has 2 amide bonds. The number of carbonyl (C=O) groups excluding carboxylic acids is 3. The van der Waals surface area contributed by atoms with Crippen LogP contribution < -0.4 is 10.6 Å². The second-order valence-electron chi connectivity index (χ2n) is 7.27. The number of ether oxygens (including phenoxy) is 1. The van der Waals surface area contributed by atoms with Gasteiger partial charge in [-0.1, -0.05) is 36.4 Å². The Morgan fingerprint density at radius 1 is 1.03 bits per heavy atom. The number of fused-ring (bicyclic) bond motifs is 1. The molecular formula is C23H26N2O4. The molecule has 6 heteroatoms. The normalized spacial score (nSPS) is 15.1. The number of anilines is 1. The standard InChI is InChI=1S/C23H26N2O4/c1-29-23(28)15-24-21(26)13-16-9-11-19(12-10-16)25-22(27)14-18-7-4-6-17-5-2-3-8-20(17)18/h2-3,5,8-12,18H,4,6-7,13-15H2,1H3,(H,24,26)(H,25,27). The molecule has 2 N–H and O–H groups in total. The predicted molar refractivity (Wildman–Crippen MR) is 111 cm³/mol. The molecule has 2 aromatic rings. The highest BCUT2D eigenvalue weighted by Gasteiger charge is 2.22. The van der Waals surface area contributed by atoms with Crippen molar-refractivity contribution < 1.29 is 19.1 Å². The van der Waals surface area contributed by atoms with E-state index in [4.69, 9.17) is 0 Å². The Bertz CT molecular complexity index is 877. The average Bonchev–Trinajstić information content (AvgIpc) is 2.73. The molecule has 0 fully saturated rings. The second-order valence-corrected chi connectivity index (χ2v) is 7.27. The molecule has 0 heterocycles. The summed E-state index contributed by atoms with van der Waals surface area (Å²) in [6.07, 6.45) is 3.85. The van der Waals surface area contributed by atoms with Gasteiger partial charge in [-0.2, -0.15) is 0 Å². The largest absolute Gasteiger partial charge is 0.468 e. The van der Waals surface area contributed by atoms with Crippen molar-refractivity contribution in [3.8, 4) is 0 Å². The molecule has 29 heavy (non-hydrogen) atoms. The summed E-state index contributed by atoms with van der Waals surface area (Å²) >= 11 is 0. The lowest BCUT2D eigenvalue weighted by molar-refractivity contribution is -0.141. The summed E-state index contributed by atoms with van der Waals surface area (Å²) in [5, 5.41) is 5.45. The van der Waals surface area contributed by atoms with E-state index in [-0.39, 0.29) is 30.7 Å². The highest BCUT2D eigenvalue weighted by molar-refractivity contribution is 5.91. The maximum Gasteiger partial charge on any atom is 0.325 e. The summed E-state index contributed by atoms with van der Waals surface area (Å²) in [6.45, 7) is -0.145. The first kappa shape index (κ1) is 20.6. The maximum atomic E-state index is 12.5. The van der Waals surface area contributed by atoms with Crippen molar-refractivity contribution in [1.29, 1.82) is 0 Å². The van der Waals surface area contributed by atoms with Gasteiger partial charge >= 0.3 is 5.97 Å². The molecule has 0 saturated heterocycles. The van der Waals surface area contributed by atoms with Crippen LogP contribution in [0.25, 0.3) is 0 Å². The Morgan fingerprint density at radius 3 is 2.55 bits per heavy atom. The summed E-state index contributed by atoms with van der Waals surface area (Å²) in [7, 11) is 1.27. The monoisotopic (exact) mass is 394 g/mol. The third-order valence-corrected chi connectivity index (χ3v) is 5.19. The minimum absolute atomic E-state index is 0.00438. The van der Waals surface area contributed by atoms with E-state index in [0.717, 1.165) is 24.8 Å². The van der Waals surface area contributed by atoms with Gasteiger partial charge in [-0.3, -0.25) is 14.4 Å². The van der Waals surface area contributed by atoms with Gasteiger partial charge < -0.3 is 15.4 Å². The Hall–Kier alpha value is -3.15. The summed E-state index contributed by atoms with van der Waals surface area (Å²) in [4.78, 5) is 35.4. The lowest BCUT2D eigenvalue weighted by Gasteiger charge is -2.25. The molecule has 0 saturated carbocycles. The first-order valence-corrected chi connectivity index (χ1v) is 9.85. The van der Waals surface area contributed by atoms with Gasteiger partial charge in [-0.25, -0.2) is 0 Å². The zero-order valence-corrected chi connectivity index (χ0v) is 16.6. The molecule has 1 unspecified atom stereocenters. The molecule has 0 bridgehead atoms. The minimum atomic E-state index is -0.489. The molecule has 1 aliphatic carbocycles. The molecule has 0 spiro atoms. The van der Waals surface area contributed by atoms with Crippen LogP contribution >= 0.6 is 0 Å². The second kappa shape index (κ2) is 9.87. The van der Waals surface area contributed by atoms with E-state index in [1.807, 2.05) is 6.07 Å². The smallest absolute Gasteiger partial charge is 0.325 e. The van der Waals surface area contributed by atoms with Crippen molar-refractivity contribution >= 4 is 23.5 Å². The third-order valence-electron chi connectivity index (χ3n) is 5.19. The SMILES string of the molecule is COC(=O)CNC(=O)Cc1ccc(NC(=O)CC2CCCc3ccccc32)cc1. The molecule has 152 valence electrons. The molecular weight excluding hydrogens is 368 g/mol. The van der Waals surface area contributed by atoms with Crippen LogP contribution in [0.15, 0.2) is 48.5 Å². The van der Waals surface area contributed by atoms with Crippen LogP contribution in [0, 0.1) is 0 Å². The number of benzene rings is 2. The molecule has 1 aliphatic rings. The first-order valence-electron chi connectivity index (χ1n) is 9.85. The van der Waals surface area contributed by atoms with Crippen molar-refractivity contribution in [1.82, 2.24) is 5.32 Å². The lowest BCUT2D eigenvalue weighted by Crippen LogP contribution is -2.31. The fraction of sp³-hybridized carbons (Fsp3) is 0.348. The number of hydrogen-bond donors (Lipinski definition) is 2. The van der Waals surface area contributed by atoms with Crippen LogP contribution in [0.4, 0.5) is 5.69 Å². The van der Waals surface area contributed by atoms with Crippen LogP contribution in [0.1, 0.15) is 41.9 Å². The Balaban J connectivity index is 1.50. The van der Waals surface area contributed by atoms with Gasteiger partial charge in [0.05, 0.1) is 13.5 Å². The highest BCUT2D eigenvalue weighted by Crippen LogP contribution is 2.34. The summed E-state index contributed by atoms with van der Waals surface area (Å²) in [5.74, 6) is -0.492. The minimum Gasteiger partial charge on any atom is -0.468 e. The zero-order valence-electron chi connectivity index (χ0n) is 16.6. The van der Waals surface area contributed by atoms with Gasteiger partial charge in [0.1, 0.15) is 6.54 Å². The van der Waals surface area contributed by atoms with Gasteiger partial charge in [0.2, 0.25) is 11.8 Å². The Labute approximate surface area is 170 Å². The number of carbonyl (C=O) groups is 3. The zero-order chi connectivity index (χ0) is 20.6. The van der Waals surface area contributed by atoms with Gasteiger partial charge in [-0.05, 0) is 54.0 Å². The quantitative estimate of drug-likeness (QED) is 0.707. The van der Waals surface area contributed by atoms with E-state index in [0.29, 0.717) is 12.1 Å². The number of methoxy groups -OCH3 is 1. The maximum absolute atomic E-state index is 12.5. The van der Waals surface area contributed by atoms with E-state index in [1.165, 1.54) is 18.2 Å². The van der Waals surface area contributed by atoms with Crippen LogP contribution in [0.3, 0.4) is 0 Å². The van der Waals surface area contributed by atoms with Gasteiger partial charge in [0.25, 0.3) is 0 Å². The number of rotatable bonds is 7. The molecule has 0 aromatic heterocycles. The van der Waals surface area contributed by atoms with Crippen molar-refractivity contribution in [2.45, 2.75) is 38.0 Å². The van der Waals surface area contributed by atoms with E-state index in [2.05, 4.69) is 33.6 Å². The molecule has 1 atom stereocenters. The molecule has 6 nitrogen and oxygen atoms in total. The number of aryl methyl sites for hydroxylation is 1. The average molecular weight is 394 g/mol. The summed E-state index contributed by atoms with van der Waals surface area (Å²) in [5.41, 5.74) is 4.15. The first-order chi connectivity index (χ1) is 14.0. The fourth-order valence-electron chi connectivity index (χ4n) is 3.70. The van der Waals surface area contributed by atoms with Crippen LogP contribution in [0.5, 0.6) is 0 Å². The van der Waals surface area contributed by atoms with Gasteiger partial charge in [0.15, 0.2) is 0 Å². The topological polar surface area (TPSA) is 84.5 Å². The van der Waals surface area contributed by atoms with Crippen molar-refractivity contribution in [2.75, 3.05) is 19.0 Å². The molecule has 2 aromatic carbocycles. The van der Waals surface area contributed by atoms with E-state index < -0.39 is 5.97 Å². The van der Waals surface area contributed by atoms with Crippen molar-refractivity contribution in [3.63, 3.8) is 0 Å². The van der Waals surface area contributed by atoms with Gasteiger partial charge in [0, 0.05) is 12.1 Å². The number of hydrogen-bond acceptors (Lipinski definition) is 4. The Morgan fingerprint density at radius 2 is 1.79 bits per heavy atom. The predicted octanol–water partition coefficient (Wildman–Crippen LogP) is 2.97. The summed E-state index contributed by atoms with van der Waals surface area (Å²) < 4.78 is 4.48. The van der Waals surface area contributed by atoms with Crippen LogP contribution in [-0.2, 0) is 32.0 Å². The summed E-state index contributed by atoms with van der Waals surface area (Å²) in [6, 6.07) is 15.5. The molecule has 0 radical (unpaired) electrons. The number of amides is 2. The fourth-order valence-corrected chi connectivity index (χ4v) is 3.70. The van der Waals surface area contributed by atoms with Crippen LogP contribution in [0.2, 0.25) is 0 Å². The Kier molecular flexibility index (Phi) is 7.00. The number of nitrogens with one attached hydrogen (secondary N) is 2. The van der Waals surface area contributed by atoms with Crippen LogP contribution in [-0.4, -0.2) is 31.4 Å². The molecule has 3 rings (SSSR count). The highest BCUT2D eigenvalue weighted by atomic mass is 16.5. The van der Waals surface area contributed by atoms with E-state index in [1.54, 1.807) is 24.3 Å². The third kappa shape index (κ3) is 5.91. The van der Waals surface area contributed by atoms with Gasteiger partial charge in [-0.15, -0.1) is 0 Å².